The SMILES string of the molecule is CC[C@H](C)[C@@H]1NC(=O)[C@@H]2C[C@@H](O)CN2C(=O)[C@H](CC(=O)OC)CC(=O)[C@@H]2CSc3[nH]c4ccc(NC(=O)CCN)cc4c3C[C@H](CC1=O)C(=O)NCC(=O)N[C@@H]([C@@H](C)CC)CC(=O)NCC(=O)N2. The average Bonchev–Trinajstić information content (AvgIpc) is 3.87. The van der Waals surface area contributed by atoms with Crippen molar-refractivity contribution in [2.45, 2.75) is 121 Å². The van der Waals surface area contributed by atoms with E-state index < -0.39 is 133 Å². The van der Waals surface area contributed by atoms with Gasteiger partial charge < -0.3 is 57.4 Å². The second-order valence-electron chi connectivity index (χ2n) is 18.0. The smallest absolute Gasteiger partial charge is 0.306 e. The standard InChI is InChI=1S/C46H65N9O12S/c1-6-23(3)32-18-38(60)48-19-39(61)52-33-22-68-45-30(29-16-27(8-9-31(29)53-45)50-37(59)10-11-47)12-25(43(64)49-20-40(62)51-32)13-36(58)42(24(4)7-2)54-44(65)34-17-28(56)21-55(34)46(66)26(14-35(33)57)15-41(63)67-5/h8-9,16,23-26,28,32-34,42,53,56H,6-7,10-15,17-22,47H2,1-5H3,(H,48,60)(H,49,64)(H,50,59)(H,51,62)(H,52,61)(H,54,65)/t23-,24-,25+,26-,28+,32+,33-,34-,42-/m0/s1. The van der Waals surface area contributed by atoms with E-state index in [2.05, 4.69) is 36.9 Å². The number of fused-ring (bicyclic) bond motifs is 5. The van der Waals surface area contributed by atoms with Crippen molar-refractivity contribution < 1.29 is 57.8 Å². The number of Topliss-reactive ketones (excluding diaryl/α,β-unsaturated/α-hetero) is 2. The normalized spacial score (nSPS) is 26.2. The monoisotopic (exact) mass is 967 g/mol. The number of H-pyrrole nitrogens is 1. The van der Waals surface area contributed by atoms with Gasteiger partial charge in [0.15, 0.2) is 11.6 Å². The third-order valence-corrected chi connectivity index (χ3v) is 14.2. The summed E-state index contributed by atoms with van der Waals surface area (Å²) in [5, 5.41) is 28.1. The van der Waals surface area contributed by atoms with Crippen LogP contribution in [0.25, 0.3) is 10.9 Å². The number of aliphatic hydroxyl groups excluding tert-OH is 1. The van der Waals surface area contributed by atoms with Crippen LogP contribution >= 0.6 is 11.8 Å². The fraction of sp³-hybridized carbons (Fsp3) is 0.609. The van der Waals surface area contributed by atoms with E-state index in [0.717, 1.165) is 23.8 Å². The molecule has 3 aliphatic heterocycles. The number of aromatic amines is 1. The molecule has 1 saturated heterocycles. The van der Waals surface area contributed by atoms with Crippen molar-refractivity contribution >= 4 is 87.2 Å². The number of methoxy groups -OCH3 is 1. The molecule has 0 aliphatic carbocycles. The Morgan fingerprint density at radius 3 is 2.28 bits per heavy atom. The predicted octanol–water partition coefficient (Wildman–Crippen LogP) is -0.0382. The first kappa shape index (κ1) is 53.1. The Bertz CT molecular complexity index is 2250. The van der Waals surface area contributed by atoms with Gasteiger partial charge in [-0.15, -0.1) is 11.8 Å². The molecule has 10 N–H and O–H groups in total. The number of carbonyl (C=O) groups is 10. The van der Waals surface area contributed by atoms with E-state index in [0.29, 0.717) is 40.0 Å². The highest BCUT2D eigenvalue weighted by atomic mass is 32.2. The average molecular weight is 968 g/mol. The molecule has 0 unspecified atom stereocenters. The minimum Gasteiger partial charge on any atom is -0.469 e. The van der Waals surface area contributed by atoms with Gasteiger partial charge in [-0.2, -0.15) is 0 Å². The summed E-state index contributed by atoms with van der Waals surface area (Å²) >= 11 is 1.08. The van der Waals surface area contributed by atoms with Crippen LogP contribution in [-0.2, 0) is 59.1 Å². The molecule has 0 spiro atoms. The van der Waals surface area contributed by atoms with Gasteiger partial charge in [-0.25, -0.2) is 0 Å². The molecule has 2 bridgehead atoms. The lowest BCUT2D eigenvalue weighted by atomic mass is 9.86. The van der Waals surface area contributed by atoms with Crippen molar-refractivity contribution in [3.63, 3.8) is 0 Å². The maximum atomic E-state index is 14.7. The molecule has 68 heavy (non-hydrogen) atoms. The summed E-state index contributed by atoms with van der Waals surface area (Å²) in [6, 6.07) is 0.451. The number of aromatic nitrogens is 1. The summed E-state index contributed by atoms with van der Waals surface area (Å²) in [5.41, 5.74) is 7.04. The fourth-order valence-corrected chi connectivity index (χ4v) is 9.82. The molecule has 1 fully saturated rings. The maximum absolute atomic E-state index is 14.7. The van der Waals surface area contributed by atoms with Crippen molar-refractivity contribution in [2.75, 3.05) is 44.4 Å². The molecular formula is C46H65N9O12S. The minimum atomic E-state index is -1.41. The lowest BCUT2D eigenvalue weighted by Crippen LogP contribution is -2.54. The molecule has 7 amide bonds. The van der Waals surface area contributed by atoms with Gasteiger partial charge in [0.25, 0.3) is 0 Å². The number of ether oxygens (including phenoxy) is 1. The lowest BCUT2D eigenvalue weighted by Gasteiger charge is -2.31. The largest absolute Gasteiger partial charge is 0.469 e. The van der Waals surface area contributed by atoms with E-state index in [4.69, 9.17) is 10.5 Å². The van der Waals surface area contributed by atoms with Crippen molar-refractivity contribution in [2.24, 2.45) is 29.4 Å². The molecule has 0 radical (unpaired) electrons. The number of nitrogens with zero attached hydrogens (tertiary/aromatic N) is 1. The number of esters is 1. The van der Waals surface area contributed by atoms with Crippen molar-refractivity contribution in [3.05, 3.63) is 23.8 Å². The Morgan fingerprint density at radius 2 is 1.59 bits per heavy atom. The number of benzene rings is 1. The van der Waals surface area contributed by atoms with Gasteiger partial charge in [-0.1, -0.05) is 40.5 Å². The first-order valence-electron chi connectivity index (χ1n) is 23.2. The number of hydrogen-bond donors (Lipinski definition) is 9. The van der Waals surface area contributed by atoms with Crippen LogP contribution in [0.4, 0.5) is 5.69 Å². The van der Waals surface area contributed by atoms with Crippen molar-refractivity contribution in [1.29, 1.82) is 0 Å². The number of amides is 7. The second kappa shape index (κ2) is 24.4. The van der Waals surface area contributed by atoms with Crippen molar-refractivity contribution in [1.82, 2.24) is 36.5 Å². The van der Waals surface area contributed by atoms with Gasteiger partial charge in [-0.3, -0.25) is 47.9 Å². The third kappa shape index (κ3) is 13.9. The number of ketones is 2. The van der Waals surface area contributed by atoms with Crippen LogP contribution in [0.2, 0.25) is 0 Å². The number of rotatable bonds is 9. The summed E-state index contributed by atoms with van der Waals surface area (Å²) in [7, 11) is 1.11. The number of carbonyl (C=O) groups excluding carboxylic acids is 10. The van der Waals surface area contributed by atoms with Crippen LogP contribution in [0.3, 0.4) is 0 Å². The molecule has 5 rings (SSSR count). The Hall–Kier alpha value is -5.87. The predicted molar refractivity (Wildman–Crippen MR) is 249 cm³/mol. The molecule has 0 saturated carbocycles. The Morgan fingerprint density at radius 1 is 0.882 bits per heavy atom. The minimum absolute atomic E-state index is 0.0410. The highest BCUT2D eigenvalue weighted by Crippen LogP contribution is 2.36. The zero-order valence-corrected chi connectivity index (χ0v) is 40.0. The van der Waals surface area contributed by atoms with E-state index in [1.54, 1.807) is 25.1 Å². The van der Waals surface area contributed by atoms with Gasteiger partial charge in [-0.05, 0) is 42.0 Å². The van der Waals surface area contributed by atoms with E-state index in [1.165, 1.54) is 0 Å². The first-order valence-corrected chi connectivity index (χ1v) is 24.2. The molecule has 372 valence electrons. The molecule has 9 atom stereocenters. The van der Waals surface area contributed by atoms with E-state index in [-0.39, 0.29) is 56.4 Å². The molecule has 21 nitrogen and oxygen atoms in total. The van der Waals surface area contributed by atoms with E-state index in [1.807, 2.05) is 20.8 Å². The van der Waals surface area contributed by atoms with Gasteiger partial charge in [0.2, 0.25) is 41.4 Å². The Kier molecular flexibility index (Phi) is 19.1. The number of anilines is 1. The van der Waals surface area contributed by atoms with Gasteiger partial charge in [0.1, 0.15) is 6.04 Å². The molecule has 1 aromatic carbocycles. The number of hydrogen-bond acceptors (Lipinski definition) is 14. The number of thioether (sulfide) groups is 1. The van der Waals surface area contributed by atoms with Crippen LogP contribution in [0, 0.1) is 23.7 Å². The summed E-state index contributed by atoms with van der Waals surface area (Å²) in [4.78, 5) is 143. The molecule has 4 heterocycles. The molecular weight excluding hydrogens is 903 g/mol. The van der Waals surface area contributed by atoms with Crippen LogP contribution in [0.5, 0.6) is 0 Å². The fourth-order valence-electron chi connectivity index (χ4n) is 8.66. The molecule has 2 aromatic rings. The molecule has 1 aromatic heterocycles. The van der Waals surface area contributed by atoms with Gasteiger partial charge in [0.05, 0.1) is 55.8 Å². The van der Waals surface area contributed by atoms with Crippen LogP contribution in [-0.4, -0.2) is 143 Å². The van der Waals surface area contributed by atoms with Gasteiger partial charge in [0, 0.05) is 79.5 Å². The quantitative estimate of drug-likeness (QED) is 0.149. The maximum Gasteiger partial charge on any atom is 0.306 e. The summed E-state index contributed by atoms with van der Waals surface area (Å²) in [5.74, 6) is -10.1. The Balaban J connectivity index is 1.71. The van der Waals surface area contributed by atoms with Crippen LogP contribution in [0.15, 0.2) is 23.2 Å². The highest BCUT2D eigenvalue weighted by Gasteiger charge is 2.44. The third-order valence-electron chi connectivity index (χ3n) is 13.0. The highest BCUT2D eigenvalue weighted by molar-refractivity contribution is 7.99. The molecule has 22 heteroatoms. The van der Waals surface area contributed by atoms with E-state index in [9.17, 15) is 53.1 Å². The summed E-state index contributed by atoms with van der Waals surface area (Å²) in [6.07, 6.45) is -2.41. The zero-order valence-electron chi connectivity index (χ0n) is 39.2. The number of nitrogens with two attached hydrogens (primary N) is 1. The lowest BCUT2D eigenvalue weighted by molar-refractivity contribution is -0.149. The summed E-state index contributed by atoms with van der Waals surface area (Å²) < 4.78 is 4.89. The molecule has 3 aliphatic rings. The second-order valence-corrected chi connectivity index (χ2v) is 19.0. The number of aliphatic hydroxyl groups is 1. The zero-order chi connectivity index (χ0) is 49.8. The first-order chi connectivity index (χ1) is 32.3. The van der Waals surface area contributed by atoms with Gasteiger partial charge >= 0.3 is 5.97 Å². The topological polar surface area (TPSA) is 317 Å². The Labute approximate surface area is 398 Å². The summed E-state index contributed by atoms with van der Waals surface area (Å²) in [6.45, 7) is 5.95. The van der Waals surface area contributed by atoms with Crippen LogP contribution < -0.4 is 37.6 Å². The van der Waals surface area contributed by atoms with Crippen molar-refractivity contribution in [3.8, 4) is 0 Å². The van der Waals surface area contributed by atoms with E-state index >= 15 is 0 Å². The number of nitrogens with one attached hydrogen (secondary N) is 7. The van der Waals surface area contributed by atoms with Crippen LogP contribution in [0.1, 0.15) is 84.6 Å².